The lowest BCUT2D eigenvalue weighted by atomic mass is 10.1. The van der Waals surface area contributed by atoms with Crippen molar-refractivity contribution in [2.24, 2.45) is 5.92 Å². The molecule has 0 radical (unpaired) electrons. The van der Waals surface area contributed by atoms with Gasteiger partial charge in [-0.25, -0.2) is 9.67 Å². The van der Waals surface area contributed by atoms with Crippen LogP contribution in [0.5, 0.6) is 0 Å². The van der Waals surface area contributed by atoms with Crippen LogP contribution in [0.3, 0.4) is 0 Å². The molecule has 0 aliphatic heterocycles. The van der Waals surface area contributed by atoms with Gasteiger partial charge in [0, 0.05) is 12.1 Å². The normalized spacial score (nSPS) is 11.9. The molecule has 0 unspecified atom stereocenters. The third kappa shape index (κ3) is 2.56. The number of nitrogens with zero attached hydrogens (tertiary/aromatic N) is 3. The van der Waals surface area contributed by atoms with Gasteiger partial charge in [-0.05, 0) is 12.8 Å². The Hall–Kier alpha value is -1.45. The minimum absolute atomic E-state index is 0.160. The summed E-state index contributed by atoms with van der Waals surface area (Å²) in [5.74, 6) is 1.88. The molecular weight excluding hydrogens is 200 g/mol. The number of nitrogens with one attached hydrogen (secondary N) is 1. The maximum atomic E-state index is 8.00. The number of rotatable bonds is 4. The highest BCUT2D eigenvalue weighted by molar-refractivity contribution is 5.96. The fraction of sp³-hybridized carbons (Fsp3) is 0.583. The summed E-state index contributed by atoms with van der Waals surface area (Å²) >= 11 is 0. The van der Waals surface area contributed by atoms with Gasteiger partial charge in [0.15, 0.2) is 11.6 Å². The van der Waals surface area contributed by atoms with Crippen LogP contribution in [0.25, 0.3) is 6.20 Å². The molecule has 0 amide bonds. The van der Waals surface area contributed by atoms with Crippen LogP contribution in [0.2, 0.25) is 0 Å². The zero-order valence-corrected chi connectivity index (χ0v) is 10.7. The zero-order chi connectivity index (χ0) is 12.3. The van der Waals surface area contributed by atoms with Crippen molar-refractivity contribution in [3.63, 3.8) is 0 Å². The predicted molar refractivity (Wildman–Crippen MR) is 66.8 cm³/mol. The second-order valence-electron chi connectivity index (χ2n) is 4.44. The molecule has 1 aromatic heterocycles. The molecule has 1 rings (SSSR count). The molecule has 0 aliphatic rings. The molecule has 0 saturated heterocycles. The summed E-state index contributed by atoms with van der Waals surface area (Å²) in [6.07, 6.45) is 3.74. The van der Waals surface area contributed by atoms with Gasteiger partial charge in [-0.2, -0.15) is 5.10 Å². The van der Waals surface area contributed by atoms with E-state index >= 15 is 0 Å². The van der Waals surface area contributed by atoms with Crippen molar-refractivity contribution in [2.45, 2.75) is 40.5 Å². The van der Waals surface area contributed by atoms with Gasteiger partial charge in [0.25, 0.3) is 0 Å². The first kappa shape index (κ1) is 12.6. The van der Waals surface area contributed by atoms with Crippen LogP contribution in [0.15, 0.2) is 6.08 Å². The van der Waals surface area contributed by atoms with Crippen molar-refractivity contribution < 1.29 is 0 Å². The summed E-state index contributed by atoms with van der Waals surface area (Å²) in [7, 11) is 0. The van der Waals surface area contributed by atoms with Gasteiger partial charge in [-0.3, -0.25) is 0 Å². The number of hydrogen-bond acceptors (Lipinski definition) is 3. The monoisotopic (exact) mass is 220 g/mol. The molecule has 16 heavy (non-hydrogen) atoms. The predicted octanol–water partition coefficient (Wildman–Crippen LogP) is 2.92. The summed E-state index contributed by atoms with van der Waals surface area (Å²) in [5, 5.41) is 12.4. The van der Waals surface area contributed by atoms with Gasteiger partial charge in [-0.15, -0.1) is 0 Å². The van der Waals surface area contributed by atoms with Gasteiger partial charge in [0.1, 0.15) is 0 Å². The van der Waals surface area contributed by atoms with Crippen LogP contribution >= 0.6 is 0 Å². The van der Waals surface area contributed by atoms with E-state index in [1.165, 1.54) is 0 Å². The van der Waals surface area contributed by atoms with E-state index in [0.717, 1.165) is 5.82 Å². The highest BCUT2D eigenvalue weighted by Crippen LogP contribution is 2.13. The number of aromatic nitrogens is 3. The average molecular weight is 220 g/mol. The van der Waals surface area contributed by atoms with Gasteiger partial charge in [0.05, 0.1) is 5.71 Å². The van der Waals surface area contributed by atoms with E-state index in [1.807, 2.05) is 33.0 Å². The summed E-state index contributed by atoms with van der Waals surface area (Å²) in [6.45, 7) is 10.0. The Morgan fingerprint density at radius 2 is 1.94 bits per heavy atom. The zero-order valence-electron chi connectivity index (χ0n) is 10.7. The SMILES string of the molecule is C/C=C\n1nc(C(C)C)nc1C(=N)C(C)C. The van der Waals surface area contributed by atoms with Crippen molar-refractivity contribution >= 4 is 11.9 Å². The fourth-order valence-corrected chi connectivity index (χ4v) is 1.27. The lowest BCUT2D eigenvalue weighted by Crippen LogP contribution is -2.13. The molecule has 0 spiro atoms. The molecule has 0 aromatic carbocycles. The van der Waals surface area contributed by atoms with E-state index in [2.05, 4.69) is 23.9 Å². The highest BCUT2D eigenvalue weighted by Gasteiger charge is 2.16. The summed E-state index contributed by atoms with van der Waals surface area (Å²) in [6, 6.07) is 0. The Morgan fingerprint density at radius 1 is 1.31 bits per heavy atom. The summed E-state index contributed by atoms with van der Waals surface area (Å²) in [5.41, 5.74) is 0.525. The maximum Gasteiger partial charge on any atom is 0.176 e. The van der Waals surface area contributed by atoms with Crippen molar-refractivity contribution in [2.75, 3.05) is 0 Å². The van der Waals surface area contributed by atoms with E-state index in [9.17, 15) is 0 Å². The van der Waals surface area contributed by atoms with Crippen LogP contribution in [-0.4, -0.2) is 20.5 Å². The first-order valence-electron chi connectivity index (χ1n) is 5.65. The second-order valence-corrected chi connectivity index (χ2v) is 4.44. The smallest absolute Gasteiger partial charge is 0.176 e. The molecule has 1 aromatic rings. The van der Waals surface area contributed by atoms with Gasteiger partial charge in [-0.1, -0.05) is 33.8 Å². The van der Waals surface area contributed by atoms with E-state index in [-0.39, 0.29) is 11.8 Å². The van der Waals surface area contributed by atoms with E-state index in [0.29, 0.717) is 11.5 Å². The number of allylic oxidation sites excluding steroid dienone is 1. The van der Waals surface area contributed by atoms with Crippen LogP contribution in [-0.2, 0) is 0 Å². The largest absolute Gasteiger partial charge is 0.301 e. The lowest BCUT2D eigenvalue weighted by molar-refractivity contribution is 0.763. The summed E-state index contributed by atoms with van der Waals surface area (Å²) in [4.78, 5) is 4.43. The first-order chi connectivity index (χ1) is 7.47. The first-order valence-corrected chi connectivity index (χ1v) is 5.65. The molecule has 0 atom stereocenters. The Bertz CT molecular complexity index is 399. The van der Waals surface area contributed by atoms with Crippen LogP contribution in [0.4, 0.5) is 0 Å². The lowest BCUT2D eigenvalue weighted by Gasteiger charge is -2.05. The second kappa shape index (κ2) is 5.05. The number of hydrogen-bond donors (Lipinski definition) is 1. The Labute approximate surface area is 96.9 Å². The molecule has 1 N–H and O–H groups in total. The van der Waals surface area contributed by atoms with Crippen LogP contribution in [0, 0.1) is 11.3 Å². The molecule has 0 saturated carbocycles. The average Bonchev–Trinajstić information content (AvgIpc) is 2.61. The minimum Gasteiger partial charge on any atom is -0.301 e. The van der Waals surface area contributed by atoms with Gasteiger partial charge >= 0.3 is 0 Å². The molecule has 4 heteroatoms. The third-order valence-electron chi connectivity index (χ3n) is 2.27. The highest BCUT2D eigenvalue weighted by atomic mass is 15.3. The topological polar surface area (TPSA) is 54.6 Å². The summed E-state index contributed by atoms with van der Waals surface area (Å²) < 4.78 is 1.69. The van der Waals surface area contributed by atoms with Crippen molar-refractivity contribution in [3.05, 3.63) is 17.7 Å². The van der Waals surface area contributed by atoms with Crippen molar-refractivity contribution in [1.29, 1.82) is 5.41 Å². The van der Waals surface area contributed by atoms with Crippen molar-refractivity contribution in [3.8, 4) is 0 Å². The fourth-order valence-electron chi connectivity index (χ4n) is 1.27. The Morgan fingerprint density at radius 3 is 2.38 bits per heavy atom. The minimum atomic E-state index is 0.160. The molecule has 1 heterocycles. The van der Waals surface area contributed by atoms with Crippen molar-refractivity contribution in [1.82, 2.24) is 14.8 Å². The molecule has 0 aliphatic carbocycles. The third-order valence-corrected chi connectivity index (χ3v) is 2.27. The van der Waals surface area contributed by atoms with E-state index in [1.54, 1.807) is 4.68 Å². The van der Waals surface area contributed by atoms with E-state index < -0.39 is 0 Å². The molecule has 0 bridgehead atoms. The molecule has 4 nitrogen and oxygen atoms in total. The van der Waals surface area contributed by atoms with Gasteiger partial charge in [0.2, 0.25) is 0 Å². The Kier molecular flexibility index (Phi) is 3.99. The van der Waals surface area contributed by atoms with E-state index in [4.69, 9.17) is 5.41 Å². The quantitative estimate of drug-likeness (QED) is 0.793. The van der Waals surface area contributed by atoms with Gasteiger partial charge < -0.3 is 5.41 Å². The standard InChI is InChI=1S/C12H20N4/c1-6-7-16-12(10(13)8(2)3)14-11(15-16)9(4)5/h6-9,13H,1-5H3/b7-6-,13-10?. The molecular formula is C12H20N4. The molecule has 88 valence electrons. The maximum absolute atomic E-state index is 8.00. The van der Waals surface area contributed by atoms with Crippen LogP contribution in [0.1, 0.15) is 52.2 Å². The molecule has 0 fully saturated rings. The van der Waals surface area contributed by atoms with Crippen LogP contribution < -0.4 is 0 Å². The Balaban J connectivity index is 3.20.